The first-order chi connectivity index (χ1) is 12.1. The van der Waals surface area contributed by atoms with Crippen LogP contribution in [0.4, 0.5) is 22.7 Å². The van der Waals surface area contributed by atoms with E-state index >= 15 is 0 Å². The number of anilines is 4. The van der Waals surface area contributed by atoms with E-state index in [1.165, 1.54) is 23.1 Å². The normalized spacial score (nSPS) is 11.9. The Bertz CT molecular complexity index is 823. The van der Waals surface area contributed by atoms with Crippen LogP contribution in [0.3, 0.4) is 0 Å². The summed E-state index contributed by atoms with van der Waals surface area (Å²) in [6, 6.07) is 9.68. The monoisotopic (exact) mass is 374 g/mol. The summed E-state index contributed by atoms with van der Waals surface area (Å²) < 4.78 is 0.847. The first kappa shape index (κ1) is 17.4. The molecule has 0 spiro atoms. The third kappa shape index (κ3) is 4.77. The summed E-state index contributed by atoms with van der Waals surface area (Å²) in [5.74, 6) is 1.20. The highest BCUT2D eigenvalue weighted by Gasteiger charge is 2.16. The lowest BCUT2D eigenvalue weighted by Gasteiger charge is -2.10. The molecule has 0 aliphatic heterocycles. The molecule has 3 rings (SSSR count). The minimum absolute atomic E-state index is 0.0379. The summed E-state index contributed by atoms with van der Waals surface area (Å²) in [5, 5.41) is 15.3. The molecule has 0 amide bonds. The number of nitrogens with zero attached hydrogens (tertiary/aromatic N) is 5. The van der Waals surface area contributed by atoms with Crippen molar-refractivity contribution in [3.63, 3.8) is 0 Å². The molecule has 1 unspecified atom stereocenters. The Balaban J connectivity index is 1.74. The molecule has 0 fully saturated rings. The van der Waals surface area contributed by atoms with Crippen LogP contribution < -0.4 is 16.4 Å². The molecule has 4 N–H and O–H groups in total. The molecule has 8 nitrogen and oxygen atoms in total. The highest BCUT2D eigenvalue weighted by molar-refractivity contribution is 8.01. The third-order valence-electron chi connectivity index (χ3n) is 3.08. The predicted molar refractivity (Wildman–Crippen MR) is 102 cm³/mol. The Morgan fingerprint density at radius 1 is 1.16 bits per heavy atom. The molecule has 1 atom stereocenters. The summed E-state index contributed by atoms with van der Waals surface area (Å²) in [6.45, 7) is 4.83. The van der Waals surface area contributed by atoms with Crippen molar-refractivity contribution in [1.29, 1.82) is 0 Å². The standard InChI is InChI=1S/C15H18N8S2/c1-3-17-14-22-23-15(25-14)24-9(2)11-19-12(16)21-13(20-11)18-10-7-5-4-6-8-10/h4-9H,3H2,1-2H3,(H,17,22)(H3,16,18,19,20,21). The number of hydrogen-bond acceptors (Lipinski definition) is 10. The van der Waals surface area contributed by atoms with Crippen LogP contribution >= 0.6 is 23.1 Å². The van der Waals surface area contributed by atoms with E-state index in [4.69, 9.17) is 5.73 Å². The van der Waals surface area contributed by atoms with E-state index in [0.717, 1.165) is 21.7 Å². The molecule has 0 bridgehead atoms. The Labute approximate surface area is 153 Å². The van der Waals surface area contributed by atoms with Gasteiger partial charge in [-0.15, -0.1) is 10.2 Å². The summed E-state index contributed by atoms with van der Waals surface area (Å²) in [6.07, 6.45) is 0. The molecule has 2 aromatic heterocycles. The number of nitrogens with two attached hydrogens (primary N) is 1. The van der Waals surface area contributed by atoms with Crippen molar-refractivity contribution in [2.75, 3.05) is 22.9 Å². The number of thioether (sulfide) groups is 1. The van der Waals surface area contributed by atoms with E-state index in [-0.39, 0.29) is 11.2 Å². The van der Waals surface area contributed by atoms with E-state index < -0.39 is 0 Å². The van der Waals surface area contributed by atoms with Crippen molar-refractivity contribution in [1.82, 2.24) is 25.1 Å². The van der Waals surface area contributed by atoms with Gasteiger partial charge in [-0.1, -0.05) is 41.3 Å². The van der Waals surface area contributed by atoms with Gasteiger partial charge in [0.05, 0.1) is 5.25 Å². The van der Waals surface area contributed by atoms with Gasteiger partial charge in [0.25, 0.3) is 0 Å². The van der Waals surface area contributed by atoms with Gasteiger partial charge in [0, 0.05) is 12.2 Å². The van der Waals surface area contributed by atoms with Gasteiger partial charge in [-0.2, -0.15) is 15.0 Å². The van der Waals surface area contributed by atoms with E-state index in [1.54, 1.807) is 0 Å². The number of nitrogens with one attached hydrogen (secondary N) is 2. The van der Waals surface area contributed by atoms with Gasteiger partial charge < -0.3 is 16.4 Å². The first-order valence-corrected chi connectivity index (χ1v) is 9.41. The molecular formula is C15H18N8S2. The maximum absolute atomic E-state index is 5.84. The average Bonchev–Trinajstić information content (AvgIpc) is 3.02. The summed E-state index contributed by atoms with van der Waals surface area (Å²) >= 11 is 3.04. The molecule has 0 aliphatic carbocycles. The minimum atomic E-state index is -0.0379. The van der Waals surface area contributed by atoms with Gasteiger partial charge in [0.2, 0.25) is 17.0 Å². The van der Waals surface area contributed by atoms with E-state index in [0.29, 0.717) is 11.8 Å². The first-order valence-electron chi connectivity index (χ1n) is 7.71. The second-order valence-corrected chi connectivity index (χ2v) is 7.60. The fourth-order valence-corrected chi connectivity index (χ4v) is 3.99. The molecule has 0 radical (unpaired) electrons. The minimum Gasteiger partial charge on any atom is -0.368 e. The largest absolute Gasteiger partial charge is 0.368 e. The van der Waals surface area contributed by atoms with Crippen LogP contribution in [-0.2, 0) is 0 Å². The lowest BCUT2D eigenvalue weighted by Crippen LogP contribution is -2.08. The van der Waals surface area contributed by atoms with Crippen LogP contribution in [0.1, 0.15) is 24.9 Å². The van der Waals surface area contributed by atoms with Crippen LogP contribution in [0.15, 0.2) is 34.7 Å². The zero-order chi connectivity index (χ0) is 17.6. The molecule has 3 aromatic rings. The van der Waals surface area contributed by atoms with Crippen molar-refractivity contribution in [2.24, 2.45) is 0 Å². The van der Waals surface area contributed by atoms with E-state index in [9.17, 15) is 0 Å². The van der Waals surface area contributed by atoms with Gasteiger partial charge in [0.1, 0.15) is 5.82 Å². The Hall–Kier alpha value is -2.46. The van der Waals surface area contributed by atoms with Crippen molar-refractivity contribution >= 4 is 45.8 Å². The van der Waals surface area contributed by atoms with Crippen molar-refractivity contribution < 1.29 is 0 Å². The maximum Gasteiger partial charge on any atom is 0.232 e. The van der Waals surface area contributed by atoms with Crippen molar-refractivity contribution in [3.05, 3.63) is 36.2 Å². The molecule has 25 heavy (non-hydrogen) atoms. The number of rotatable bonds is 7. The Morgan fingerprint density at radius 2 is 1.96 bits per heavy atom. The number of para-hydroxylation sites is 1. The van der Waals surface area contributed by atoms with Crippen LogP contribution in [0.5, 0.6) is 0 Å². The topological polar surface area (TPSA) is 115 Å². The molecule has 10 heteroatoms. The lowest BCUT2D eigenvalue weighted by molar-refractivity contribution is 0.892. The zero-order valence-corrected chi connectivity index (χ0v) is 15.4. The second kappa shape index (κ2) is 8.08. The average molecular weight is 374 g/mol. The molecular weight excluding hydrogens is 356 g/mol. The van der Waals surface area contributed by atoms with Crippen LogP contribution in [0.25, 0.3) is 0 Å². The fraction of sp³-hybridized carbons (Fsp3) is 0.267. The molecule has 1 aromatic carbocycles. The molecule has 130 valence electrons. The van der Waals surface area contributed by atoms with Gasteiger partial charge in [0.15, 0.2) is 4.34 Å². The zero-order valence-electron chi connectivity index (χ0n) is 13.8. The molecule has 0 saturated carbocycles. The number of benzene rings is 1. The Morgan fingerprint density at radius 3 is 2.72 bits per heavy atom. The third-order valence-corrected chi connectivity index (χ3v) is 5.14. The number of hydrogen-bond donors (Lipinski definition) is 3. The summed E-state index contributed by atoms with van der Waals surface area (Å²) in [5.41, 5.74) is 6.73. The van der Waals surface area contributed by atoms with Crippen LogP contribution in [-0.4, -0.2) is 31.7 Å². The number of aromatic nitrogens is 5. The smallest absolute Gasteiger partial charge is 0.232 e. The van der Waals surface area contributed by atoms with E-state index in [1.807, 2.05) is 44.2 Å². The van der Waals surface area contributed by atoms with Crippen molar-refractivity contribution in [3.8, 4) is 0 Å². The van der Waals surface area contributed by atoms with Gasteiger partial charge >= 0.3 is 0 Å². The summed E-state index contributed by atoms with van der Waals surface area (Å²) in [7, 11) is 0. The highest BCUT2D eigenvalue weighted by Crippen LogP contribution is 2.36. The quantitative estimate of drug-likeness (QED) is 0.536. The van der Waals surface area contributed by atoms with Crippen molar-refractivity contribution in [2.45, 2.75) is 23.4 Å². The van der Waals surface area contributed by atoms with Gasteiger partial charge in [-0.3, -0.25) is 0 Å². The number of nitrogen functional groups attached to an aromatic ring is 1. The maximum atomic E-state index is 5.84. The Kier molecular flexibility index (Phi) is 5.61. The van der Waals surface area contributed by atoms with Crippen LogP contribution in [0.2, 0.25) is 0 Å². The highest BCUT2D eigenvalue weighted by atomic mass is 32.2. The predicted octanol–water partition coefficient (Wildman–Crippen LogP) is 3.33. The van der Waals surface area contributed by atoms with Gasteiger partial charge in [-0.05, 0) is 26.0 Å². The van der Waals surface area contributed by atoms with Gasteiger partial charge in [-0.25, -0.2) is 0 Å². The molecule has 0 aliphatic rings. The van der Waals surface area contributed by atoms with E-state index in [2.05, 4.69) is 35.8 Å². The molecule has 0 saturated heterocycles. The lowest BCUT2D eigenvalue weighted by atomic mass is 10.3. The second-order valence-electron chi connectivity index (χ2n) is 5.03. The SMILES string of the molecule is CCNc1nnc(SC(C)c2nc(N)nc(Nc3ccccc3)n2)s1. The van der Waals surface area contributed by atoms with Crippen LogP contribution in [0, 0.1) is 0 Å². The fourth-order valence-electron chi connectivity index (χ4n) is 1.98. The molecule has 2 heterocycles. The summed E-state index contributed by atoms with van der Waals surface area (Å²) in [4.78, 5) is 12.9.